The fraction of sp³-hybridized carbons (Fsp3) is 0.350. The highest BCUT2D eigenvalue weighted by Crippen LogP contribution is 2.37. The van der Waals surface area contributed by atoms with Crippen molar-refractivity contribution in [3.05, 3.63) is 62.7 Å². The molecule has 0 amide bonds. The van der Waals surface area contributed by atoms with Gasteiger partial charge in [-0.05, 0) is 29.1 Å². The summed E-state index contributed by atoms with van der Waals surface area (Å²) in [6.07, 6.45) is -4.92. The maximum Gasteiger partial charge on any atom is 0.133 e. The first-order valence-electron chi connectivity index (χ1n) is 9.16. The van der Waals surface area contributed by atoms with Crippen LogP contribution in [0.15, 0.2) is 35.8 Å². The third-order valence-electron chi connectivity index (χ3n) is 5.01. The van der Waals surface area contributed by atoms with Crippen molar-refractivity contribution in [1.82, 2.24) is 4.98 Å². The Labute approximate surface area is 184 Å². The molecule has 1 aromatic carbocycles. The molecule has 1 aliphatic rings. The number of thiazole rings is 1. The maximum atomic E-state index is 14.7. The van der Waals surface area contributed by atoms with Crippen LogP contribution >= 0.6 is 34.3 Å². The number of aromatic nitrogens is 1. The zero-order valence-electron chi connectivity index (χ0n) is 15.5. The molecular weight excluding hydrogens is 453 g/mol. The van der Waals surface area contributed by atoms with Crippen LogP contribution in [0.2, 0.25) is 5.02 Å². The number of halogens is 2. The van der Waals surface area contributed by atoms with Crippen molar-refractivity contribution in [2.45, 2.75) is 36.9 Å². The molecule has 10 heteroatoms. The Morgan fingerprint density at radius 1 is 1.17 bits per heavy atom. The molecule has 0 bridgehead atoms. The van der Waals surface area contributed by atoms with Crippen molar-refractivity contribution >= 4 is 34.3 Å². The molecular formula is C20H19ClFNO5S2. The highest BCUT2D eigenvalue weighted by Gasteiger charge is 2.44. The first kappa shape index (κ1) is 21.8. The predicted molar refractivity (Wildman–Crippen MR) is 112 cm³/mol. The van der Waals surface area contributed by atoms with Gasteiger partial charge in [-0.25, -0.2) is 9.37 Å². The van der Waals surface area contributed by atoms with Gasteiger partial charge in [0.2, 0.25) is 0 Å². The van der Waals surface area contributed by atoms with Gasteiger partial charge in [0.05, 0.1) is 11.5 Å². The van der Waals surface area contributed by atoms with Gasteiger partial charge in [-0.15, -0.1) is 22.7 Å². The van der Waals surface area contributed by atoms with E-state index in [0.29, 0.717) is 12.0 Å². The van der Waals surface area contributed by atoms with Crippen molar-refractivity contribution in [3.8, 4) is 9.88 Å². The number of aliphatic hydroxyl groups is 4. The van der Waals surface area contributed by atoms with Crippen LogP contribution in [0.4, 0.5) is 4.39 Å². The molecule has 1 saturated heterocycles. The molecule has 4 rings (SSSR count). The number of rotatable bonds is 5. The van der Waals surface area contributed by atoms with Crippen LogP contribution in [0.5, 0.6) is 0 Å². The summed E-state index contributed by atoms with van der Waals surface area (Å²) in [5, 5.41) is 42.8. The van der Waals surface area contributed by atoms with Gasteiger partial charge in [-0.1, -0.05) is 17.7 Å². The minimum Gasteiger partial charge on any atom is -0.394 e. The Kier molecular flexibility index (Phi) is 6.52. The first-order chi connectivity index (χ1) is 14.4. The molecule has 30 heavy (non-hydrogen) atoms. The van der Waals surface area contributed by atoms with Crippen LogP contribution in [-0.4, -0.2) is 56.4 Å². The molecule has 0 radical (unpaired) electrons. The normalized spacial score (nSPS) is 26.8. The van der Waals surface area contributed by atoms with Gasteiger partial charge in [0, 0.05) is 28.1 Å². The Balaban J connectivity index is 1.63. The number of benzene rings is 1. The number of thiophene rings is 1. The van der Waals surface area contributed by atoms with E-state index in [0.717, 1.165) is 20.8 Å². The highest BCUT2D eigenvalue weighted by molar-refractivity contribution is 7.20. The molecule has 0 spiro atoms. The van der Waals surface area contributed by atoms with Gasteiger partial charge in [0.1, 0.15) is 41.3 Å². The molecule has 3 heterocycles. The largest absolute Gasteiger partial charge is 0.394 e. The number of hydrogen-bond donors (Lipinski definition) is 4. The van der Waals surface area contributed by atoms with Crippen LogP contribution in [0.25, 0.3) is 9.88 Å². The maximum absolute atomic E-state index is 14.7. The lowest BCUT2D eigenvalue weighted by atomic mass is 9.90. The fourth-order valence-corrected chi connectivity index (χ4v) is 5.37. The highest BCUT2D eigenvalue weighted by atomic mass is 35.5. The lowest BCUT2D eigenvalue weighted by Crippen LogP contribution is -2.55. The van der Waals surface area contributed by atoms with Crippen molar-refractivity contribution in [2.75, 3.05) is 6.61 Å². The zero-order valence-corrected chi connectivity index (χ0v) is 17.9. The van der Waals surface area contributed by atoms with Crippen LogP contribution in [0.1, 0.15) is 22.1 Å². The van der Waals surface area contributed by atoms with E-state index in [1.165, 1.54) is 17.4 Å². The third-order valence-corrected chi connectivity index (χ3v) is 7.40. The lowest BCUT2D eigenvalue weighted by molar-refractivity contribution is -0.232. The summed E-state index contributed by atoms with van der Waals surface area (Å²) in [5.41, 5.74) is 0.598. The second-order valence-corrected chi connectivity index (χ2v) is 9.47. The van der Waals surface area contributed by atoms with Gasteiger partial charge in [0.25, 0.3) is 0 Å². The molecule has 1 fully saturated rings. The smallest absolute Gasteiger partial charge is 0.133 e. The quantitative estimate of drug-likeness (QED) is 0.456. The number of aliphatic hydroxyl groups excluding tert-OH is 4. The Morgan fingerprint density at radius 2 is 1.97 bits per heavy atom. The minimum absolute atomic E-state index is 0.00528. The van der Waals surface area contributed by atoms with Crippen LogP contribution in [0.3, 0.4) is 0 Å². The number of ether oxygens (including phenoxy) is 1. The monoisotopic (exact) mass is 471 g/mol. The lowest BCUT2D eigenvalue weighted by Gasteiger charge is -2.40. The van der Waals surface area contributed by atoms with Gasteiger partial charge in [-0.3, -0.25) is 0 Å². The Hall–Kier alpha value is -1.43. The summed E-state index contributed by atoms with van der Waals surface area (Å²) in [6.45, 7) is -0.587. The summed E-state index contributed by atoms with van der Waals surface area (Å²) in [7, 11) is 0. The van der Waals surface area contributed by atoms with Crippen LogP contribution < -0.4 is 0 Å². The average Bonchev–Trinajstić information content (AvgIpc) is 3.41. The second kappa shape index (κ2) is 8.97. The minimum atomic E-state index is -1.59. The van der Waals surface area contributed by atoms with Crippen molar-refractivity contribution < 1.29 is 29.6 Å². The molecule has 6 nitrogen and oxygen atoms in total. The van der Waals surface area contributed by atoms with Crippen LogP contribution in [-0.2, 0) is 11.2 Å². The molecule has 4 N–H and O–H groups in total. The first-order valence-corrected chi connectivity index (χ1v) is 11.2. The van der Waals surface area contributed by atoms with Crippen LogP contribution in [0, 0.1) is 5.82 Å². The Bertz CT molecular complexity index is 1010. The van der Waals surface area contributed by atoms with E-state index in [1.807, 2.05) is 17.5 Å². The standard InChI is InChI=1S/C20H19ClFNO5S2/c21-12-6-13(22)11(19-18(27)17(26)16(25)14(8-24)28-19)5-9(12)4-10-7-23-20(30-10)15-2-1-3-29-15/h1-3,5-7,14,16-19,24-27H,4,8H2/t14-,16-,17+,18-,19+/m1/s1. The number of hydrogen-bond acceptors (Lipinski definition) is 8. The molecule has 160 valence electrons. The molecule has 0 aliphatic carbocycles. The second-order valence-electron chi connectivity index (χ2n) is 7.00. The summed E-state index contributed by atoms with van der Waals surface area (Å²) in [4.78, 5) is 6.40. The molecule has 1 aliphatic heterocycles. The topological polar surface area (TPSA) is 103 Å². The fourth-order valence-electron chi connectivity index (χ4n) is 3.42. The molecule has 5 atom stereocenters. The zero-order chi connectivity index (χ0) is 21.4. The van der Waals surface area contributed by atoms with E-state index in [1.54, 1.807) is 17.5 Å². The molecule has 2 aromatic heterocycles. The van der Waals surface area contributed by atoms with E-state index in [4.69, 9.17) is 16.3 Å². The molecule has 0 unspecified atom stereocenters. The predicted octanol–water partition coefficient (Wildman–Crippen LogP) is 2.77. The summed E-state index contributed by atoms with van der Waals surface area (Å²) >= 11 is 9.35. The van der Waals surface area contributed by atoms with Crippen molar-refractivity contribution in [2.24, 2.45) is 0 Å². The average molecular weight is 472 g/mol. The summed E-state index contributed by atoms with van der Waals surface area (Å²) in [6, 6.07) is 6.55. The van der Waals surface area contributed by atoms with Gasteiger partial charge < -0.3 is 25.2 Å². The third kappa shape index (κ3) is 4.17. The van der Waals surface area contributed by atoms with E-state index in [-0.39, 0.29) is 10.6 Å². The van der Waals surface area contributed by atoms with E-state index in [2.05, 4.69) is 4.98 Å². The number of nitrogens with zero attached hydrogens (tertiary/aromatic N) is 1. The van der Waals surface area contributed by atoms with E-state index in [9.17, 15) is 24.8 Å². The summed E-state index contributed by atoms with van der Waals surface area (Å²) < 4.78 is 20.2. The van der Waals surface area contributed by atoms with Gasteiger partial charge >= 0.3 is 0 Å². The summed E-state index contributed by atoms with van der Waals surface area (Å²) in [5.74, 6) is -0.711. The van der Waals surface area contributed by atoms with Crippen molar-refractivity contribution in [1.29, 1.82) is 0 Å². The van der Waals surface area contributed by atoms with E-state index < -0.39 is 42.9 Å². The Morgan fingerprint density at radius 3 is 2.67 bits per heavy atom. The SMILES string of the molecule is OC[C@H]1O[C@@H](c2cc(Cc3cnc(-c4cccs4)s3)c(Cl)cc2F)[C@H](O)[C@@H](O)[C@@H]1O. The van der Waals surface area contributed by atoms with Gasteiger partial charge in [0.15, 0.2) is 0 Å². The molecule has 0 saturated carbocycles. The van der Waals surface area contributed by atoms with E-state index >= 15 is 0 Å². The van der Waals surface area contributed by atoms with Gasteiger partial charge in [-0.2, -0.15) is 0 Å². The van der Waals surface area contributed by atoms with Crippen molar-refractivity contribution in [3.63, 3.8) is 0 Å². The molecule has 3 aromatic rings.